The summed E-state index contributed by atoms with van der Waals surface area (Å²) in [6.45, 7) is 0.472. The predicted octanol–water partition coefficient (Wildman–Crippen LogP) is 4.79. The molecule has 0 spiro atoms. The Kier molecular flexibility index (Phi) is 6.73. The molecule has 3 rings (SSSR count). The van der Waals surface area contributed by atoms with Crippen molar-refractivity contribution < 1.29 is 14.0 Å². The van der Waals surface area contributed by atoms with Crippen LogP contribution < -0.4 is 0 Å². The van der Waals surface area contributed by atoms with Gasteiger partial charge in [0.15, 0.2) is 0 Å². The first kappa shape index (κ1) is 19.1. The zero-order valence-electron chi connectivity index (χ0n) is 15.2. The summed E-state index contributed by atoms with van der Waals surface area (Å²) >= 11 is 0. The highest BCUT2D eigenvalue weighted by Crippen LogP contribution is 2.25. The summed E-state index contributed by atoms with van der Waals surface area (Å²) in [5.41, 5.74) is 1.31. The standard InChI is InChI=1S/C22H20FN3O2/c23-21-14-12-13-19-17-25(18-20(19)21)22(27)28-26-16-11-9-7-5-3-1-2-4-6-8-10-15-24-26/h1-16H,17-18H2/b2-1-,5-3-,6-4-,9-7-,10-8-,16-11-,24-15-. The van der Waals surface area contributed by atoms with Gasteiger partial charge in [-0.3, -0.25) is 9.74 Å². The molecule has 0 atom stereocenters. The summed E-state index contributed by atoms with van der Waals surface area (Å²) in [5.74, 6) is -0.314. The number of hydrazone groups is 1. The van der Waals surface area contributed by atoms with Gasteiger partial charge in [-0.25, -0.2) is 9.18 Å². The number of benzene rings is 1. The molecular formula is C22H20FN3O2. The smallest absolute Gasteiger partial charge is 0.299 e. The molecule has 0 saturated heterocycles. The largest absolute Gasteiger partial charge is 0.436 e. The molecule has 0 fully saturated rings. The second-order valence-electron chi connectivity index (χ2n) is 5.92. The Morgan fingerprint density at radius 1 is 0.893 bits per heavy atom. The van der Waals surface area contributed by atoms with Crippen LogP contribution in [0.4, 0.5) is 9.18 Å². The number of rotatable bonds is 1. The lowest BCUT2D eigenvalue weighted by Gasteiger charge is -2.18. The summed E-state index contributed by atoms with van der Waals surface area (Å²) in [7, 11) is 0. The number of allylic oxidation sites excluding steroid dienone is 11. The molecule has 28 heavy (non-hydrogen) atoms. The molecule has 5 nitrogen and oxygen atoms in total. The summed E-state index contributed by atoms with van der Waals surface area (Å²) in [5, 5.41) is 5.17. The number of nitrogens with zero attached hydrogens (tertiary/aromatic N) is 3. The molecule has 2 heterocycles. The van der Waals surface area contributed by atoms with E-state index in [1.165, 1.54) is 23.4 Å². The predicted molar refractivity (Wildman–Crippen MR) is 107 cm³/mol. The van der Waals surface area contributed by atoms with Gasteiger partial charge in [0.05, 0.1) is 19.0 Å². The summed E-state index contributed by atoms with van der Waals surface area (Å²) in [6, 6.07) is 4.83. The minimum Gasteiger partial charge on any atom is -0.299 e. The fraction of sp³-hybridized carbons (Fsp3) is 0.0909. The Bertz CT molecular complexity index is 874. The van der Waals surface area contributed by atoms with E-state index in [0.29, 0.717) is 12.1 Å². The van der Waals surface area contributed by atoms with Gasteiger partial charge < -0.3 is 0 Å². The van der Waals surface area contributed by atoms with Gasteiger partial charge in [-0.1, -0.05) is 72.0 Å². The topological polar surface area (TPSA) is 45.1 Å². The fourth-order valence-electron chi connectivity index (χ4n) is 2.59. The van der Waals surface area contributed by atoms with Crippen molar-refractivity contribution >= 4 is 12.3 Å². The van der Waals surface area contributed by atoms with Crippen LogP contribution >= 0.6 is 0 Å². The Balaban J connectivity index is 1.68. The molecule has 0 saturated carbocycles. The van der Waals surface area contributed by atoms with E-state index in [1.54, 1.807) is 36.4 Å². The molecule has 2 aliphatic rings. The van der Waals surface area contributed by atoms with E-state index in [0.717, 1.165) is 10.7 Å². The van der Waals surface area contributed by atoms with Crippen molar-refractivity contribution in [1.82, 2.24) is 10.1 Å². The first-order chi connectivity index (χ1) is 13.7. The second-order valence-corrected chi connectivity index (χ2v) is 5.92. The lowest BCUT2D eigenvalue weighted by molar-refractivity contribution is -0.0724. The van der Waals surface area contributed by atoms with Crippen LogP contribution in [0.25, 0.3) is 0 Å². The normalized spacial score (nSPS) is 24.2. The van der Waals surface area contributed by atoms with Gasteiger partial charge in [0.2, 0.25) is 0 Å². The van der Waals surface area contributed by atoms with Crippen LogP contribution in [0.1, 0.15) is 11.1 Å². The van der Waals surface area contributed by atoms with Crippen LogP contribution in [-0.4, -0.2) is 22.4 Å². The highest BCUT2D eigenvalue weighted by molar-refractivity contribution is 5.72. The number of halogens is 1. The molecule has 6 heteroatoms. The number of carbonyl (C=O) groups excluding carboxylic acids is 1. The number of fused-ring (bicyclic) bond motifs is 1. The molecule has 142 valence electrons. The first-order valence-electron chi connectivity index (χ1n) is 8.80. The molecule has 0 N–H and O–H groups in total. The van der Waals surface area contributed by atoms with E-state index < -0.39 is 6.09 Å². The molecule has 0 bridgehead atoms. The van der Waals surface area contributed by atoms with Gasteiger partial charge in [0.1, 0.15) is 5.82 Å². The third-order valence-electron chi connectivity index (χ3n) is 3.95. The number of hydrogen-bond donors (Lipinski definition) is 0. The van der Waals surface area contributed by atoms with Crippen LogP contribution in [0.3, 0.4) is 0 Å². The zero-order chi connectivity index (χ0) is 19.6. The van der Waals surface area contributed by atoms with Crippen LogP contribution in [0.5, 0.6) is 0 Å². The molecule has 1 amide bonds. The average molecular weight is 377 g/mol. The van der Waals surface area contributed by atoms with E-state index in [4.69, 9.17) is 4.84 Å². The fourth-order valence-corrected chi connectivity index (χ4v) is 2.59. The molecule has 0 aromatic heterocycles. The summed E-state index contributed by atoms with van der Waals surface area (Å²) in [6.07, 6.45) is 22.6. The monoisotopic (exact) mass is 377 g/mol. The third kappa shape index (κ3) is 5.41. The Hall–Kier alpha value is -3.67. The van der Waals surface area contributed by atoms with Gasteiger partial charge in [0, 0.05) is 12.1 Å². The number of hydroxylamine groups is 1. The highest BCUT2D eigenvalue weighted by Gasteiger charge is 2.27. The van der Waals surface area contributed by atoms with E-state index >= 15 is 0 Å². The molecule has 2 aliphatic heterocycles. The maximum absolute atomic E-state index is 13.9. The molecule has 0 unspecified atom stereocenters. The van der Waals surface area contributed by atoms with E-state index in [1.807, 2.05) is 42.5 Å². The molecule has 1 aromatic rings. The Morgan fingerprint density at radius 3 is 2.21 bits per heavy atom. The second kappa shape index (κ2) is 9.87. The van der Waals surface area contributed by atoms with E-state index in [-0.39, 0.29) is 12.4 Å². The van der Waals surface area contributed by atoms with Gasteiger partial charge in [-0.15, -0.1) is 5.10 Å². The van der Waals surface area contributed by atoms with Crippen LogP contribution in [0, 0.1) is 5.82 Å². The van der Waals surface area contributed by atoms with Crippen molar-refractivity contribution in [2.75, 3.05) is 0 Å². The van der Waals surface area contributed by atoms with Crippen LogP contribution in [0.2, 0.25) is 0 Å². The first-order valence-corrected chi connectivity index (χ1v) is 8.80. The van der Waals surface area contributed by atoms with Crippen molar-refractivity contribution in [3.05, 3.63) is 108 Å². The van der Waals surface area contributed by atoms with Gasteiger partial charge in [-0.2, -0.15) is 0 Å². The highest BCUT2D eigenvalue weighted by atomic mass is 19.1. The Labute approximate surface area is 163 Å². The maximum Gasteiger partial charge on any atom is 0.436 e. The maximum atomic E-state index is 13.9. The van der Waals surface area contributed by atoms with E-state index in [2.05, 4.69) is 5.10 Å². The minimum atomic E-state index is -0.604. The van der Waals surface area contributed by atoms with Crippen LogP contribution in [0.15, 0.2) is 96.3 Å². The van der Waals surface area contributed by atoms with Gasteiger partial charge in [-0.05, 0) is 23.8 Å². The SMILES string of the molecule is O=C(ON1\C=C/C=C\C=C/C=C\C=C/C=C\C=N/1)N1Cc2cccc(F)c2C1. The number of amides is 1. The number of carbonyl (C=O) groups is 1. The lowest BCUT2D eigenvalue weighted by Crippen LogP contribution is -2.30. The van der Waals surface area contributed by atoms with Gasteiger partial charge >= 0.3 is 6.09 Å². The number of hydrogen-bond acceptors (Lipinski definition) is 4. The van der Waals surface area contributed by atoms with E-state index in [9.17, 15) is 9.18 Å². The third-order valence-corrected chi connectivity index (χ3v) is 3.95. The quantitative estimate of drug-likeness (QED) is 0.707. The van der Waals surface area contributed by atoms with Crippen LogP contribution in [-0.2, 0) is 17.9 Å². The Morgan fingerprint density at radius 2 is 1.54 bits per heavy atom. The zero-order valence-corrected chi connectivity index (χ0v) is 15.2. The van der Waals surface area contributed by atoms with Crippen molar-refractivity contribution in [1.29, 1.82) is 0 Å². The van der Waals surface area contributed by atoms with Crippen molar-refractivity contribution in [2.24, 2.45) is 5.10 Å². The molecular weight excluding hydrogens is 357 g/mol. The summed E-state index contributed by atoms with van der Waals surface area (Å²) in [4.78, 5) is 19.2. The van der Waals surface area contributed by atoms with Crippen molar-refractivity contribution in [3.63, 3.8) is 0 Å². The van der Waals surface area contributed by atoms with Crippen molar-refractivity contribution in [3.8, 4) is 0 Å². The molecule has 1 aromatic carbocycles. The lowest BCUT2D eigenvalue weighted by atomic mass is 10.1. The minimum absolute atomic E-state index is 0.171. The summed E-state index contributed by atoms with van der Waals surface area (Å²) < 4.78 is 13.9. The molecule has 0 aliphatic carbocycles. The van der Waals surface area contributed by atoms with Gasteiger partial charge in [0.25, 0.3) is 0 Å². The molecule has 0 radical (unpaired) electrons. The van der Waals surface area contributed by atoms with Crippen molar-refractivity contribution in [2.45, 2.75) is 13.1 Å². The average Bonchev–Trinajstić information content (AvgIpc) is 3.12.